The second-order valence-electron chi connectivity index (χ2n) is 7.52. The lowest BCUT2D eigenvalue weighted by molar-refractivity contribution is -0.148. The maximum atomic E-state index is 12.6. The molecule has 0 bridgehead atoms. The molecule has 29 heavy (non-hydrogen) atoms. The zero-order chi connectivity index (χ0) is 21.5. The van der Waals surface area contributed by atoms with Gasteiger partial charge >= 0.3 is 22.3 Å². The normalized spacial score (nSPS) is 27.8. The van der Waals surface area contributed by atoms with E-state index in [1.165, 1.54) is 13.0 Å². The maximum Gasteiger partial charge on any atom is 0.397 e. The molecule has 1 aliphatic heterocycles. The molecule has 0 amide bonds. The minimum absolute atomic E-state index is 0.199. The molecule has 3 rings (SSSR count). The van der Waals surface area contributed by atoms with Gasteiger partial charge in [-0.25, -0.2) is 8.98 Å². The zero-order valence-corrected chi connectivity index (χ0v) is 16.9. The summed E-state index contributed by atoms with van der Waals surface area (Å²) in [6.07, 6.45) is 2.11. The minimum atomic E-state index is -4.66. The van der Waals surface area contributed by atoms with Crippen molar-refractivity contribution >= 4 is 28.1 Å². The van der Waals surface area contributed by atoms with Gasteiger partial charge in [-0.15, -0.1) is 0 Å². The third-order valence-corrected chi connectivity index (χ3v) is 5.94. The van der Waals surface area contributed by atoms with Crippen LogP contribution in [-0.2, 0) is 38.4 Å². The number of hydrogen-bond donors (Lipinski definition) is 1. The van der Waals surface area contributed by atoms with Crippen LogP contribution in [0.2, 0.25) is 0 Å². The number of ketones is 1. The highest BCUT2D eigenvalue weighted by Gasteiger charge is 2.50. The molecule has 158 valence electrons. The standard InChI is InChI=1S/C19H22O9S/c1-9-4-5-13-11(3)19(22)28-17(13)16-12(6-14(20)15(9)16)8-26-18(21)10(2)7-27-29(23,24)25/h6,10,13,16-17H,3-5,7-8H2,1-2H3,(H,23,24,25)/t10-,13-,16?,17-/m0/s1. The number of esters is 2. The number of ether oxygens (including phenoxy) is 2. The Hall–Kier alpha value is -2.30. The Morgan fingerprint density at radius 2 is 2.10 bits per heavy atom. The Kier molecular flexibility index (Phi) is 5.79. The van der Waals surface area contributed by atoms with Gasteiger partial charge in [0.1, 0.15) is 12.7 Å². The number of fused-ring (bicyclic) bond motifs is 3. The number of carbonyl (C=O) groups excluding carboxylic acids is 3. The molecule has 2 aliphatic carbocycles. The average molecular weight is 426 g/mol. The summed E-state index contributed by atoms with van der Waals surface area (Å²) in [5, 5.41) is 0. The molecule has 4 atom stereocenters. The van der Waals surface area contributed by atoms with Crippen molar-refractivity contribution in [2.24, 2.45) is 17.8 Å². The van der Waals surface area contributed by atoms with Crippen LogP contribution in [0.1, 0.15) is 26.7 Å². The van der Waals surface area contributed by atoms with E-state index in [4.69, 9.17) is 14.0 Å². The summed E-state index contributed by atoms with van der Waals surface area (Å²) < 4.78 is 44.7. The van der Waals surface area contributed by atoms with Crippen LogP contribution in [0.25, 0.3) is 0 Å². The highest BCUT2D eigenvalue weighted by Crippen LogP contribution is 2.47. The van der Waals surface area contributed by atoms with Crippen LogP contribution < -0.4 is 0 Å². The first-order valence-corrected chi connectivity index (χ1v) is 10.5. The van der Waals surface area contributed by atoms with E-state index >= 15 is 0 Å². The summed E-state index contributed by atoms with van der Waals surface area (Å²) in [5.74, 6) is -3.12. The van der Waals surface area contributed by atoms with Crippen molar-refractivity contribution in [2.75, 3.05) is 13.2 Å². The summed E-state index contributed by atoms with van der Waals surface area (Å²) in [5.41, 5.74) is 2.37. The Bertz CT molecular complexity index is 941. The zero-order valence-electron chi connectivity index (χ0n) is 16.0. The van der Waals surface area contributed by atoms with Gasteiger partial charge < -0.3 is 9.47 Å². The predicted molar refractivity (Wildman–Crippen MR) is 98.6 cm³/mol. The van der Waals surface area contributed by atoms with E-state index in [1.54, 1.807) is 0 Å². The van der Waals surface area contributed by atoms with Gasteiger partial charge in [0.05, 0.1) is 18.4 Å². The molecule has 10 heteroatoms. The van der Waals surface area contributed by atoms with E-state index in [2.05, 4.69) is 10.8 Å². The largest absolute Gasteiger partial charge is 0.461 e. The number of allylic oxidation sites excluding steroid dienone is 2. The summed E-state index contributed by atoms with van der Waals surface area (Å²) in [4.78, 5) is 36.7. The lowest BCUT2D eigenvalue weighted by Gasteiger charge is -2.25. The molecule has 1 N–H and O–H groups in total. The van der Waals surface area contributed by atoms with Crippen molar-refractivity contribution in [1.29, 1.82) is 0 Å². The van der Waals surface area contributed by atoms with Crippen molar-refractivity contribution in [2.45, 2.75) is 32.8 Å². The molecule has 1 fully saturated rings. The smallest absolute Gasteiger partial charge is 0.397 e. The molecule has 1 heterocycles. The molecule has 0 aromatic heterocycles. The topological polar surface area (TPSA) is 133 Å². The second kappa shape index (κ2) is 7.85. The van der Waals surface area contributed by atoms with Gasteiger partial charge in [-0.2, -0.15) is 8.42 Å². The Balaban J connectivity index is 1.74. The Morgan fingerprint density at radius 1 is 1.41 bits per heavy atom. The van der Waals surface area contributed by atoms with Gasteiger partial charge in [0.25, 0.3) is 0 Å². The molecule has 0 aromatic carbocycles. The van der Waals surface area contributed by atoms with Crippen LogP contribution in [0.15, 0.2) is 34.9 Å². The van der Waals surface area contributed by atoms with Crippen LogP contribution in [-0.4, -0.2) is 50.0 Å². The average Bonchev–Trinajstić information content (AvgIpc) is 3.05. The molecule has 0 saturated carbocycles. The molecule has 0 spiro atoms. The monoisotopic (exact) mass is 426 g/mol. The predicted octanol–water partition coefficient (Wildman–Crippen LogP) is 1.32. The first-order valence-electron chi connectivity index (χ1n) is 9.12. The summed E-state index contributed by atoms with van der Waals surface area (Å²) >= 11 is 0. The van der Waals surface area contributed by atoms with E-state index in [9.17, 15) is 22.8 Å². The maximum absolute atomic E-state index is 12.6. The molecular weight excluding hydrogens is 404 g/mol. The molecule has 0 radical (unpaired) electrons. The Morgan fingerprint density at radius 3 is 2.76 bits per heavy atom. The molecule has 3 aliphatic rings. The fraction of sp³-hybridized carbons (Fsp3) is 0.526. The molecular formula is C19H22O9S. The van der Waals surface area contributed by atoms with E-state index in [-0.39, 0.29) is 18.3 Å². The van der Waals surface area contributed by atoms with Crippen LogP contribution >= 0.6 is 0 Å². The van der Waals surface area contributed by atoms with Crippen molar-refractivity contribution in [1.82, 2.24) is 0 Å². The number of rotatable bonds is 6. The van der Waals surface area contributed by atoms with Crippen molar-refractivity contribution in [3.05, 3.63) is 34.9 Å². The van der Waals surface area contributed by atoms with E-state index in [1.807, 2.05) is 6.92 Å². The summed E-state index contributed by atoms with van der Waals surface area (Å²) in [6.45, 7) is 6.27. The lowest BCUT2D eigenvalue weighted by Crippen LogP contribution is -2.30. The van der Waals surface area contributed by atoms with E-state index < -0.39 is 46.9 Å². The number of hydrogen-bond acceptors (Lipinski definition) is 8. The van der Waals surface area contributed by atoms with Gasteiger partial charge in [-0.3, -0.25) is 14.1 Å². The lowest BCUT2D eigenvalue weighted by atomic mass is 9.83. The van der Waals surface area contributed by atoms with Gasteiger partial charge in [0, 0.05) is 17.1 Å². The van der Waals surface area contributed by atoms with Gasteiger partial charge in [0.15, 0.2) is 5.78 Å². The van der Waals surface area contributed by atoms with Crippen LogP contribution in [0.5, 0.6) is 0 Å². The van der Waals surface area contributed by atoms with Crippen LogP contribution in [0, 0.1) is 17.8 Å². The fourth-order valence-electron chi connectivity index (χ4n) is 3.99. The molecule has 1 saturated heterocycles. The van der Waals surface area contributed by atoms with Crippen LogP contribution in [0.4, 0.5) is 0 Å². The van der Waals surface area contributed by atoms with Gasteiger partial charge in [-0.1, -0.05) is 12.2 Å². The minimum Gasteiger partial charge on any atom is -0.461 e. The first-order chi connectivity index (χ1) is 13.5. The van der Waals surface area contributed by atoms with Crippen LogP contribution in [0.3, 0.4) is 0 Å². The fourth-order valence-corrected chi connectivity index (χ4v) is 4.36. The molecule has 9 nitrogen and oxygen atoms in total. The first kappa shape index (κ1) is 21.4. The van der Waals surface area contributed by atoms with Crippen molar-refractivity contribution < 1.29 is 41.0 Å². The number of carbonyl (C=O) groups is 3. The molecule has 1 unspecified atom stereocenters. The van der Waals surface area contributed by atoms with Crippen molar-refractivity contribution in [3.8, 4) is 0 Å². The van der Waals surface area contributed by atoms with Crippen molar-refractivity contribution in [3.63, 3.8) is 0 Å². The van der Waals surface area contributed by atoms with E-state index in [0.29, 0.717) is 29.6 Å². The molecule has 0 aromatic rings. The van der Waals surface area contributed by atoms with Gasteiger partial charge in [0.2, 0.25) is 0 Å². The Labute approximate surface area is 168 Å². The quantitative estimate of drug-likeness (QED) is 0.379. The summed E-state index contributed by atoms with van der Waals surface area (Å²) in [6, 6.07) is 0. The highest BCUT2D eigenvalue weighted by molar-refractivity contribution is 7.80. The summed E-state index contributed by atoms with van der Waals surface area (Å²) in [7, 11) is -4.66. The highest BCUT2D eigenvalue weighted by atomic mass is 32.3. The third-order valence-electron chi connectivity index (χ3n) is 5.51. The van der Waals surface area contributed by atoms with E-state index in [0.717, 1.165) is 5.57 Å². The third kappa shape index (κ3) is 4.34. The second-order valence-corrected chi connectivity index (χ2v) is 8.61. The van der Waals surface area contributed by atoms with Gasteiger partial charge in [-0.05, 0) is 38.3 Å². The SMILES string of the molecule is C=C1C(=O)O[C@@H]2C3C(COC(=O)[C@@H](C)COS(=O)(=O)O)=CC(=O)C3=C(C)CC[C@@H]12.